The van der Waals surface area contributed by atoms with Crippen molar-refractivity contribution in [1.29, 1.82) is 0 Å². The molecule has 3 fully saturated rings. The van der Waals surface area contributed by atoms with E-state index in [0.29, 0.717) is 24.5 Å². The molecule has 8 nitrogen and oxygen atoms in total. The quantitative estimate of drug-likeness (QED) is 0.615. The molecule has 0 unspecified atom stereocenters. The van der Waals surface area contributed by atoms with E-state index in [1.165, 1.54) is 11.0 Å². The van der Waals surface area contributed by atoms with Gasteiger partial charge in [-0.3, -0.25) is 19.8 Å². The van der Waals surface area contributed by atoms with Crippen LogP contribution in [-0.4, -0.2) is 62.2 Å². The fourth-order valence-corrected chi connectivity index (χ4v) is 4.16. The molecule has 8 heteroatoms. The first-order valence-electron chi connectivity index (χ1n) is 10.00. The molecule has 1 aromatic rings. The number of carbonyl (C=O) groups excluding carboxylic acids is 3. The average molecular weight is 399 g/mol. The third-order valence-electron chi connectivity index (χ3n) is 5.72. The van der Waals surface area contributed by atoms with E-state index in [0.717, 1.165) is 44.5 Å². The van der Waals surface area contributed by atoms with E-state index in [1.54, 1.807) is 7.11 Å². The van der Waals surface area contributed by atoms with E-state index < -0.39 is 17.8 Å². The molecular weight excluding hydrogens is 374 g/mol. The van der Waals surface area contributed by atoms with E-state index in [9.17, 15) is 14.4 Å². The number of methoxy groups -OCH3 is 1. The molecule has 1 aromatic carbocycles. The summed E-state index contributed by atoms with van der Waals surface area (Å²) in [5, 5.41) is 2.30. The molecule has 0 radical (unpaired) electrons. The highest BCUT2D eigenvalue weighted by atomic mass is 16.5. The summed E-state index contributed by atoms with van der Waals surface area (Å²) >= 11 is 0. The Morgan fingerprint density at radius 2 is 1.86 bits per heavy atom. The molecule has 29 heavy (non-hydrogen) atoms. The number of rotatable bonds is 4. The third-order valence-corrected chi connectivity index (χ3v) is 5.72. The fraction of sp³-hybridized carbons (Fsp3) is 0.476. The normalized spacial score (nSPS) is 22.4. The molecule has 1 saturated carbocycles. The summed E-state index contributed by atoms with van der Waals surface area (Å²) in [6.45, 7) is 2.94. The fourth-order valence-electron chi connectivity index (χ4n) is 4.16. The van der Waals surface area contributed by atoms with Crippen molar-refractivity contribution >= 4 is 29.6 Å². The number of nitrogens with one attached hydrogen (secondary N) is 1. The van der Waals surface area contributed by atoms with Crippen LogP contribution in [0.1, 0.15) is 31.2 Å². The van der Waals surface area contributed by atoms with Crippen LogP contribution in [0.2, 0.25) is 0 Å². The van der Waals surface area contributed by atoms with Gasteiger partial charge in [0, 0.05) is 36.4 Å². The molecule has 2 heterocycles. The molecule has 0 bridgehead atoms. The van der Waals surface area contributed by atoms with Crippen molar-refractivity contribution in [2.75, 3.05) is 38.3 Å². The molecule has 3 aliphatic rings. The minimum Gasteiger partial charge on any atom is -0.496 e. The summed E-state index contributed by atoms with van der Waals surface area (Å²) in [6, 6.07) is 4.88. The van der Waals surface area contributed by atoms with Crippen molar-refractivity contribution in [2.24, 2.45) is 0 Å². The number of imide groups is 2. The molecule has 2 saturated heterocycles. The van der Waals surface area contributed by atoms with Gasteiger partial charge in [-0.05, 0) is 31.1 Å². The zero-order valence-corrected chi connectivity index (χ0v) is 16.5. The predicted octanol–water partition coefficient (Wildman–Crippen LogP) is 1.94. The van der Waals surface area contributed by atoms with Crippen LogP contribution >= 0.6 is 0 Å². The van der Waals surface area contributed by atoms with Gasteiger partial charge in [-0.1, -0.05) is 12.8 Å². The van der Waals surface area contributed by atoms with Crippen LogP contribution in [0.25, 0.3) is 6.08 Å². The zero-order chi connectivity index (χ0) is 20.4. The number of morpholine rings is 1. The SMILES string of the molecule is COc1cc(N2CCOCC2)ccc1/C=C1/C(=O)NC(=O)N(C2CCCC2)C1=O. The third kappa shape index (κ3) is 3.85. The van der Waals surface area contributed by atoms with E-state index in [-0.39, 0.29) is 11.6 Å². The Balaban J connectivity index is 1.63. The predicted molar refractivity (Wildman–Crippen MR) is 107 cm³/mol. The number of hydrogen-bond acceptors (Lipinski definition) is 6. The number of carbonyl (C=O) groups is 3. The molecule has 4 amide bonds. The van der Waals surface area contributed by atoms with Crippen LogP contribution in [0.15, 0.2) is 23.8 Å². The average Bonchev–Trinajstić information content (AvgIpc) is 3.26. The largest absolute Gasteiger partial charge is 0.496 e. The lowest BCUT2D eigenvalue weighted by atomic mass is 10.0. The van der Waals surface area contributed by atoms with Gasteiger partial charge in [0.25, 0.3) is 11.8 Å². The topological polar surface area (TPSA) is 88.2 Å². The molecule has 1 aliphatic carbocycles. The summed E-state index contributed by atoms with van der Waals surface area (Å²) in [6.07, 6.45) is 5.02. The van der Waals surface area contributed by atoms with Gasteiger partial charge in [-0.2, -0.15) is 0 Å². The second-order valence-electron chi connectivity index (χ2n) is 7.46. The van der Waals surface area contributed by atoms with Crippen LogP contribution < -0.4 is 15.0 Å². The second kappa shape index (κ2) is 8.24. The first-order chi connectivity index (χ1) is 14.1. The minimum absolute atomic E-state index is 0.0473. The maximum atomic E-state index is 13.0. The Labute approximate surface area is 169 Å². The number of anilines is 1. The zero-order valence-electron chi connectivity index (χ0n) is 16.5. The number of benzene rings is 1. The summed E-state index contributed by atoms with van der Waals surface area (Å²) in [4.78, 5) is 41.0. The van der Waals surface area contributed by atoms with Gasteiger partial charge in [0.1, 0.15) is 11.3 Å². The monoisotopic (exact) mass is 399 g/mol. The molecular formula is C21H25N3O5. The summed E-state index contributed by atoms with van der Waals surface area (Å²) in [5.41, 5.74) is 1.56. The highest BCUT2D eigenvalue weighted by molar-refractivity contribution is 6.31. The standard InChI is InChI=1S/C21H25N3O5/c1-28-18-13-16(23-8-10-29-11-9-23)7-6-14(18)12-17-19(25)22-21(27)24(20(17)26)15-4-2-3-5-15/h6-7,12-13,15H,2-5,8-11H2,1H3,(H,22,25,27)/b17-12-. The Kier molecular flexibility index (Phi) is 5.53. The van der Waals surface area contributed by atoms with Crippen LogP contribution in [0, 0.1) is 0 Å². The van der Waals surface area contributed by atoms with Gasteiger partial charge in [-0.25, -0.2) is 4.79 Å². The summed E-state index contributed by atoms with van der Waals surface area (Å²) in [5.74, 6) is -0.648. The van der Waals surface area contributed by atoms with Crippen LogP contribution in [0.5, 0.6) is 5.75 Å². The van der Waals surface area contributed by atoms with E-state index in [1.807, 2.05) is 18.2 Å². The second-order valence-corrected chi connectivity index (χ2v) is 7.46. The Hall–Kier alpha value is -2.87. The lowest BCUT2D eigenvalue weighted by molar-refractivity contribution is -0.131. The molecule has 0 spiro atoms. The molecule has 154 valence electrons. The number of nitrogens with zero attached hydrogens (tertiary/aromatic N) is 2. The number of amides is 4. The van der Waals surface area contributed by atoms with E-state index in [2.05, 4.69) is 10.2 Å². The summed E-state index contributed by atoms with van der Waals surface area (Å²) in [7, 11) is 1.55. The minimum atomic E-state index is -0.673. The van der Waals surface area contributed by atoms with Crippen LogP contribution in [0.4, 0.5) is 10.5 Å². The number of barbiturate groups is 1. The highest BCUT2D eigenvalue weighted by Gasteiger charge is 2.40. The molecule has 0 atom stereocenters. The van der Waals surface area contributed by atoms with Crippen molar-refractivity contribution in [3.63, 3.8) is 0 Å². The van der Waals surface area contributed by atoms with Gasteiger partial charge in [0.15, 0.2) is 0 Å². The maximum absolute atomic E-state index is 13.0. The molecule has 2 aliphatic heterocycles. The molecule has 4 rings (SSSR count). The van der Waals surface area contributed by atoms with Gasteiger partial charge in [-0.15, -0.1) is 0 Å². The van der Waals surface area contributed by atoms with Crippen molar-refractivity contribution in [1.82, 2.24) is 10.2 Å². The Morgan fingerprint density at radius 1 is 1.14 bits per heavy atom. The Morgan fingerprint density at radius 3 is 2.55 bits per heavy atom. The summed E-state index contributed by atoms with van der Waals surface area (Å²) < 4.78 is 10.9. The lowest BCUT2D eigenvalue weighted by Crippen LogP contribution is -2.57. The van der Waals surface area contributed by atoms with Crippen molar-refractivity contribution < 1.29 is 23.9 Å². The lowest BCUT2D eigenvalue weighted by Gasteiger charge is -2.31. The van der Waals surface area contributed by atoms with E-state index >= 15 is 0 Å². The number of urea groups is 1. The van der Waals surface area contributed by atoms with E-state index in [4.69, 9.17) is 9.47 Å². The van der Waals surface area contributed by atoms with Gasteiger partial charge in [0.2, 0.25) is 0 Å². The first kappa shape index (κ1) is 19.4. The number of ether oxygens (including phenoxy) is 2. The van der Waals surface area contributed by atoms with Gasteiger partial charge < -0.3 is 14.4 Å². The van der Waals surface area contributed by atoms with Gasteiger partial charge in [0.05, 0.1) is 20.3 Å². The smallest absolute Gasteiger partial charge is 0.331 e. The van der Waals surface area contributed by atoms with Crippen molar-refractivity contribution in [3.8, 4) is 5.75 Å². The first-order valence-corrected chi connectivity index (χ1v) is 10.00. The molecule has 1 N–H and O–H groups in total. The van der Waals surface area contributed by atoms with Crippen LogP contribution in [-0.2, 0) is 14.3 Å². The van der Waals surface area contributed by atoms with Gasteiger partial charge >= 0.3 is 6.03 Å². The Bertz CT molecular complexity index is 854. The highest BCUT2D eigenvalue weighted by Crippen LogP contribution is 2.30. The van der Waals surface area contributed by atoms with Crippen molar-refractivity contribution in [2.45, 2.75) is 31.7 Å². The maximum Gasteiger partial charge on any atom is 0.331 e. The number of hydrogen-bond donors (Lipinski definition) is 1. The van der Waals surface area contributed by atoms with Crippen LogP contribution in [0.3, 0.4) is 0 Å². The van der Waals surface area contributed by atoms with Crippen molar-refractivity contribution in [3.05, 3.63) is 29.3 Å². The molecule has 0 aromatic heterocycles.